The number of nitrogens with one attached hydrogen (secondary N) is 1. The number of aryl methyl sites for hydroxylation is 1. The van der Waals surface area contributed by atoms with Gasteiger partial charge in [-0.2, -0.15) is 0 Å². The molecule has 2 amide bonds. The van der Waals surface area contributed by atoms with E-state index in [1.54, 1.807) is 24.0 Å². The predicted octanol–water partition coefficient (Wildman–Crippen LogP) is 3.17. The molecule has 1 aliphatic heterocycles. The lowest BCUT2D eigenvalue weighted by Gasteiger charge is -2.30. The van der Waals surface area contributed by atoms with Crippen LogP contribution in [0.4, 0.5) is 16.2 Å². The maximum atomic E-state index is 12.1. The van der Waals surface area contributed by atoms with Crippen molar-refractivity contribution in [3.05, 3.63) is 33.9 Å². The summed E-state index contributed by atoms with van der Waals surface area (Å²) in [6.07, 6.45) is 2.14. The highest BCUT2D eigenvalue weighted by molar-refractivity contribution is 5.89. The number of piperidine rings is 1. The number of hydrogen-bond acceptors (Lipinski definition) is 3. The Kier molecular flexibility index (Phi) is 4.22. The van der Waals surface area contributed by atoms with Crippen molar-refractivity contribution < 1.29 is 9.72 Å². The van der Waals surface area contributed by atoms with E-state index in [0.717, 1.165) is 25.9 Å². The summed E-state index contributed by atoms with van der Waals surface area (Å²) in [5, 5.41) is 13.6. The van der Waals surface area contributed by atoms with Crippen LogP contribution in [0.15, 0.2) is 18.2 Å². The Bertz CT molecular complexity index is 530. The van der Waals surface area contributed by atoms with Crippen LogP contribution in [0.25, 0.3) is 0 Å². The van der Waals surface area contributed by atoms with E-state index in [1.807, 2.05) is 0 Å². The van der Waals surface area contributed by atoms with Gasteiger partial charge in [0.25, 0.3) is 5.69 Å². The lowest BCUT2D eigenvalue weighted by molar-refractivity contribution is -0.385. The topological polar surface area (TPSA) is 75.5 Å². The third kappa shape index (κ3) is 3.26. The number of nitro groups is 1. The van der Waals surface area contributed by atoms with Gasteiger partial charge in [-0.1, -0.05) is 13.0 Å². The van der Waals surface area contributed by atoms with Gasteiger partial charge < -0.3 is 10.2 Å². The molecule has 1 saturated heterocycles. The maximum Gasteiger partial charge on any atom is 0.321 e. The van der Waals surface area contributed by atoms with Crippen LogP contribution in [0.3, 0.4) is 0 Å². The highest BCUT2D eigenvalue weighted by Gasteiger charge is 2.21. The molecule has 0 saturated carbocycles. The third-order valence-electron chi connectivity index (χ3n) is 3.60. The molecule has 20 heavy (non-hydrogen) atoms. The van der Waals surface area contributed by atoms with E-state index in [4.69, 9.17) is 0 Å². The van der Waals surface area contributed by atoms with Crippen LogP contribution < -0.4 is 5.32 Å². The smallest absolute Gasteiger partial charge is 0.321 e. The van der Waals surface area contributed by atoms with Crippen molar-refractivity contribution in [3.63, 3.8) is 0 Å². The fourth-order valence-corrected chi connectivity index (χ4v) is 2.46. The van der Waals surface area contributed by atoms with Gasteiger partial charge in [-0.25, -0.2) is 4.79 Å². The zero-order valence-corrected chi connectivity index (χ0v) is 11.8. The lowest BCUT2D eigenvalue weighted by atomic mass is 10.0. The molecule has 0 aromatic heterocycles. The van der Waals surface area contributed by atoms with Gasteiger partial charge in [-0.15, -0.1) is 0 Å². The highest BCUT2D eigenvalue weighted by Crippen LogP contribution is 2.23. The van der Waals surface area contributed by atoms with E-state index >= 15 is 0 Å². The second kappa shape index (κ2) is 5.90. The number of carbonyl (C=O) groups excluding carboxylic acids is 1. The third-order valence-corrected chi connectivity index (χ3v) is 3.60. The number of rotatable bonds is 2. The van der Waals surface area contributed by atoms with Gasteiger partial charge in [0.15, 0.2) is 0 Å². The number of likely N-dealkylation sites (tertiary alicyclic amines) is 1. The first kappa shape index (κ1) is 14.3. The molecule has 0 aliphatic carbocycles. The van der Waals surface area contributed by atoms with E-state index in [0.29, 0.717) is 17.2 Å². The fraction of sp³-hybridized carbons (Fsp3) is 0.500. The standard InChI is InChI=1S/C14H19N3O3/c1-10-4-3-7-16(9-10)14(18)15-12-6-5-11(2)13(8-12)17(19)20/h5-6,8,10H,3-4,7,9H2,1-2H3,(H,15,18). The molecule has 1 aromatic carbocycles. The minimum atomic E-state index is -0.437. The largest absolute Gasteiger partial charge is 0.324 e. The van der Waals surface area contributed by atoms with Crippen LogP contribution >= 0.6 is 0 Å². The van der Waals surface area contributed by atoms with Gasteiger partial charge >= 0.3 is 6.03 Å². The molecule has 6 nitrogen and oxygen atoms in total. The van der Waals surface area contributed by atoms with Gasteiger partial charge in [-0.05, 0) is 31.7 Å². The van der Waals surface area contributed by atoms with Gasteiger partial charge in [0.1, 0.15) is 0 Å². The lowest BCUT2D eigenvalue weighted by Crippen LogP contribution is -2.41. The molecule has 1 aliphatic rings. The zero-order valence-electron chi connectivity index (χ0n) is 11.8. The van der Waals surface area contributed by atoms with E-state index in [2.05, 4.69) is 12.2 Å². The van der Waals surface area contributed by atoms with E-state index < -0.39 is 4.92 Å². The molecule has 6 heteroatoms. The summed E-state index contributed by atoms with van der Waals surface area (Å²) in [7, 11) is 0. The van der Waals surface area contributed by atoms with E-state index in [9.17, 15) is 14.9 Å². The summed E-state index contributed by atoms with van der Waals surface area (Å²) in [5.41, 5.74) is 1.07. The SMILES string of the molecule is Cc1ccc(NC(=O)N2CCCC(C)C2)cc1[N+](=O)[O-]. The van der Waals surface area contributed by atoms with Gasteiger partial charge in [0.2, 0.25) is 0 Å². The first-order valence-corrected chi connectivity index (χ1v) is 6.78. The molecule has 1 unspecified atom stereocenters. The van der Waals surface area contributed by atoms with Gasteiger partial charge in [0, 0.05) is 30.4 Å². The number of urea groups is 1. The Balaban J connectivity index is 2.07. The number of amides is 2. The molecular weight excluding hydrogens is 258 g/mol. The van der Waals surface area contributed by atoms with Gasteiger partial charge in [0.05, 0.1) is 4.92 Å². The van der Waals surface area contributed by atoms with Crippen molar-refractivity contribution >= 4 is 17.4 Å². The van der Waals surface area contributed by atoms with E-state index in [1.165, 1.54) is 6.07 Å². The number of anilines is 1. The molecule has 1 atom stereocenters. The van der Waals surface area contributed by atoms with Crippen molar-refractivity contribution in [2.45, 2.75) is 26.7 Å². The van der Waals surface area contributed by atoms with Crippen LogP contribution in [-0.2, 0) is 0 Å². The first-order valence-electron chi connectivity index (χ1n) is 6.78. The minimum Gasteiger partial charge on any atom is -0.324 e. The molecule has 1 heterocycles. The Morgan fingerprint density at radius 1 is 1.50 bits per heavy atom. The summed E-state index contributed by atoms with van der Waals surface area (Å²) in [4.78, 5) is 24.3. The Labute approximate surface area is 117 Å². The van der Waals surface area contributed by atoms with Crippen molar-refractivity contribution in [1.82, 2.24) is 4.90 Å². The summed E-state index contributed by atoms with van der Waals surface area (Å²) in [6, 6.07) is 4.55. The van der Waals surface area contributed by atoms with Crippen LogP contribution in [0.1, 0.15) is 25.3 Å². The quantitative estimate of drug-likeness (QED) is 0.666. The molecule has 108 valence electrons. The van der Waals surface area contributed by atoms with Crippen LogP contribution in [0.5, 0.6) is 0 Å². The van der Waals surface area contributed by atoms with Crippen molar-refractivity contribution in [1.29, 1.82) is 0 Å². The summed E-state index contributed by atoms with van der Waals surface area (Å²) >= 11 is 0. The predicted molar refractivity (Wildman–Crippen MR) is 76.8 cm³/mol. The summed E-state index contributed by atoms with van der Waals surface area (Å²) in [5.74, 6) is 0.502. The average Bonchev–Trinajstić information content (AvgIpc) is 2.40. The zero-order chi connectivity index (χ0) is 14.7. The maximum absolute atomic E-state index is 12.1. The van der Waals surface area contributed by atoms with Crippen molar-refractivity contribution in [2.24, 2.45) is 5.92 Å². The van der Waals surface area contributed by atoms with Crippen LogP contribution in [0, 0.1) is 23.0 Å². The number of carbonyl (C=O) groups is 1. The normalized spacial score (nSPS) is 18.7. The average molecular weight is 277 g/mol. The molecule has 0 bridgehead atoms. The monoisotopic (exact) mass is 277 g/mol. The summed E-state index contributed by atoms with van der Waals surface area (Å²) in [6.45, 7) is 5.27. The van der Waals surface area contributed by atoms with Crippen molar-refractivity contribution in [2.75, 3.05) is 18.4 Å². The van der Waals surface area contributed by atoms with Gasteiger partial charge in [-0.3, -0.25) is 10.1 Å². The van der Waals surface area contributed by atoms with E-state index in [-0.39, 0.29) is 11.7 Å². The fourth-order valence-electron chi connectivity index (χ4n) is 2.46. The molecule has 0 radical (unpaired) electrons. The molecule has 1 fully saturated rings. The Morgan fingerprint density at radius 2 is 2.25 bits per heavy atom. The molecule has 1 N–H and O–H groups in total. The number of benzene rings is 1. The number of hydrogen-bond donors (Lipinski definition) is 1. The van der Waals surface area contributed by atoms with Crippen LogP contribution in [-0.4, -0.2) is 28.9 Å². The molecule has 1 aromatic rings. The second-order valence-corrected chi connectivity index (χ2v) is 5.38. The highest BCUT2D eigenvalue weighted by atomic mass is 16.6. The number of nitro benzene ring substituents is 1. The number of nitrogens with zero attached hydrogens (tertiary/aromatic N) is 2. The molecule has 0 spiro atoms. The summed E-state index contributed by atoms with van der Waals surface area (Å²) < 4.78 is 0. The second-order valence-electron chi connectivity index (χ2n) is 5.38. The first-order chi connectivity index (χ1) is 9.47. The Morgan fingerprint density at radius 3 is 2.90 bits per heavy atom. The molecule has 2 rings (SSSR count). The molecular formula is C14H19N3O3. The van der Waals surface area contributed by atoms with Crippen LogP contribution in [0.2, 0.25) is 0 Å². The minimum absolute atomic E-state index is 0.0230. The Hall–Kier alpha value is -2.11. The van der Waals surface area contributed by atoms with Crippen molar-refractivity contribution in [3.8, 4) is 0 Å².